The average molecular weight is 376 g/mol. The Morgan fingerprint density at radius 1 is 1.11 bits per heavy atom. The van der Waals surface area contributed by atoms with Crippen LogP contribution in [0.5, 0.6) is 0 Å². The number of carbonyl (C=O) groups is 1. The lowest BCUT2D eigenvalue weighted by molar-refractivity contribution is -0.122. The summed E-state index contributed by atoms with van der Waals surface area (Å²) in [5.74, 6) is 0.397. The second-order valence-electron chi connectivity index (χ2n) is 6.57. The highest BCUT2D eigenvalue weighted by atomic mass is 16.2. The van der Waals surface area contributed by atoms with Crippen LogP contribution < -0.4 is 10.9 Å². The molecule has 28 heavy (non-hydrogen) atoms. The second-order valence-corrected chi connectivity index (χ2v) is 6.57. The third-order valence-electron chi connectivity index (χ3n) is 4.73. The number of hydrogen-bond acceptors (Lipinski definition) is 5. The highest BCUT2D eigenvalue weighted by molar-refractivity contribution is 5.80. The van der Waals surface area contributed by atoms with Crippen molar-refractivity contribution < 1.29 is 4.79 Å². The molecule has 0 aliphatic rings. The summed E-state index contributed by atoms with van der Waals surface area (Å²) >= 11 is 0. The van der Waals surface area contributed by atoms with Crippen LogP contribution in [-0.2, 0) is 17.8 Å². The van der Waals surface area contributed by atoms with Crippen LogP contribution in [0.25, 0.3) is 16.8 Å². The molecule has 1 unspecified atom stereocenters. The summed E-state index contributed by atoms with van der Waals surface area (Å²) in [6.45, 7) is 3.73. The fourth-order valence-corrected chi connectivity index (χ4v) is 3.32. The van der Waals surface area contributed by atoms with Gasteiger partial charge in [-0.3, -0.25) is 18.6 Å². The molecule has 0 saturated heterocycles. The average Bonchev–Trinajstić information content (AvgIpc) is 3.16. The Hall–Kier alpha value is -3.55. The van der Waals surface area contributed by atoms with Gasteiger partial charge in [0.2, 0.25) is 11.6 Å². The van der Waals surface area contributed by atoms with E-state index in [4.69, 9.17) is 0 Å². The molecule has 0 aliphatic heterocycles. The fourth-order valence-electron chi connectivity index (χ4n) is 3.32. The van der Waals surface area contributed by atoms with Gasteiger partial charge in [0.1, 0.15) is 12.4 Å². The number of nitrogens with one attached hydrogen (secondary N) is 1. The van der Waals surface area contributed by atoms with Crippen LogP contribution in [0.4, 0.5) is 0 Å². The number of nitrogens with zero attached hydrogens (tertiary/aromatic N) is 5. The molecule has 8 heteroatoms. The van der Waals surface area contributed by atoms with Gasteiger partial charge in [-0.1, -0.05) is 37.3 Å². The lowest BCUT2D eigenvalue weighted by atomic mass is 10.1. The first kappa shape index (κ1) is 17.8. The minimum Gasteiger partial charge on any atom is -0.348 e. The Morgan fingerprint density at radius 3 is 2.64 bits per heavy atom. The molecule has 8 nitrogen and oxygen atoms in total. The Kier molecular flexibility index (Phi) is 4.60. The van der Waals surface area contributed by atoms with Crippen molar-refractivity contribution in [3.05, 3.63) is 70.4 Å². The van der Waals surface area contributed by atoms with Gasteiger partial charge in [0.25, 0.3) is 5.56 Å². The molecule has 0 aliphatic carbocycles. The van der Waals surface area contributed by atoms with E-state index in [2.05, 4.69) is 20.5 Å². The zero-order valence-corrected chi connectivity index (χ0v) is 15.7. The number of fused-ring (bicyclic) bond motifs is 3. The van der Waals surface area contributed by atoms with Gasteiger partial charge < -0.3 is 5.32 Å². The summed E-state index contributed by atoms with van der Waals surface area (Å²) in [5.41, 5.74) is 1.93. The van der Waals surface area contributed by atoms with Crippen LogP contribution in [-0.4, -0.2) is 30.1 Å². The lowest BCUT2D eigenvalue weighted by Gasteiger charge is -2.16. The minimum atomic E-state index is -0.366. The highest BCUT2D eigenvalue weighted by Crippen LogP contribution is 2.14. The van der Waals surface area contributed by atoms with Crippen molar-refractivity contribution in [2.45, 2.75) is 32.9 Å². The molecule has 0 bridgehead atoms. The third-order valence-corrected chi connectivity index (χ3v) is 4.73. The standard InChI is InChI=1S/C20H20N6O2/c1-3-16-23-24-19-20(28)25(15-10-7-11-21-18(15)26(16)19)12-17(27)22-13(2)14-8-5-4-6-9-14/h4-11,13H,3,12H2,1-2H3,(H,22,27). The Morgan fingerprint density at radius 2 is 1.89 bits per heavy atom. The fraction of sp³-hybridized carbons (Fsp3) is 0.250. The predicted molar refractivity (Wildman–Crippen MR) is 105 cm³/mol. The quantitative estimate of drug-likeness (QED) is 0.574. The SMILES string of the molecule is CCc1nnc2c(=O)n(CC(=O)NC(C)c3ccccc3)c3cccnc3n12. The van der Waals surface area contributed by atoms with Crippen LogP contribution in [0.2, 0.25) is 0 Å². The van der Waals surface area contributed by atoms with Crippen LogP contribution in [0, 0.1) is 0 Å². The van der Waals surface area contributed by atoms with Crippen molar-refractivity contribution in [3.63, 3.8) is 0 Å². The van der Waals surface area contributed by atoms with Crippen LogP contribution in [0.3, 0.4) is 0 Å². The number of pyridine rings is 1. The van der Waals surface area contributed by atoms with Crippen molar-refractivity contribution in [2.24, 2.45) is 0 Å². The van der Waals surface area contributed by atoms with Gasteiger partial charge in [0, 0.05) is 12.6 Å². The topological polar surface area (TPSA) is 94.2 Å². The molecule has 0 radical (unpaired) electrons. The first-order chi connectivity index (χ1) is 13.6. The summed E-state index contributed by atoms with van der Waals surface area (Å²) in [5, 5.41) is 11.1. The molecule has 0 saturated carbocycles. The molecule has 142 valence electrons. The van der Waals surface area contributed by atoms with Gasteiger partial charge in [0.15, 0.2) is 5.65 Å². The molecular weight excluding hydrogens is 356 g/mol. The second kappa shape index (κ2) is 7.22. The van der Waals surface area contributed by atoms with E-state index >= 15 is 0 Å². The van der Waals surface area contributed by atoms with Gasteiger partial charge >= 0.3 is 0 Å². The smallest absolute Gasteiger partial charge is 0.297 e. The number of benzene rings is 1. The minimum absolute atomic E-state index is 0.122. The van der Waals surface area contributed by atoms with Gasteiger partial charge in [-0.05, 0) is 24.6 Å². The summed E-state index contributed by atoms with van der Waals surface area (Å²) in [6.07, 6.45) is 2.26. The molecule has 4 aromatic rings. The lowest BCUT2D eigenvalue weighted by Crippen LogP contribution is -2.34. The molecule has 0 spiro atoms. The number of amides is 1. The monoisotopic (exact) mass is 376 g/mol. The Labute approximate surface area is 160 Å². The first-order valence-corrected chi connectivity index (χ1v) is 9.16. The van der Waals surface area contributed by atoms with E-state index < -0.39 is 0 Å². The van der Waals surface area contributed by atoms with Crippen molar-refractivity contribution in [3.8, 4) is 0 Å². The van der Waals surface area contributed by atoms with E-state index in [1.807, 2.05) is 44.2 Å². The highest BCUT2D eigenvalue weighted by Gasteiger charge is 2.18. The van der Waals surface area contributed by atoms with Gasteiger partial charge in [-0.2, -0.15) is 0 Å². The number of rotatable bonds is 5. The van der Waals surface area contributed by atoms with Gasteiger partial charge in [-0.25, -0.2) is 4.98 Å². The maximum absolute atomic E-state index is 13.0. The van der Waals surface area contributed by atoms with Gasteiger partial charge in [0.05, 0.1) is 11.6 Å². The zero-order chi connectivity index (χ0) is 19.7. The number of aryl methyl sites for hydroxylation is 1. The maximum Gasteiger partial charge on any atom is 0.297 e. The predicted octanol–water partition coefficient (Wildman–Crippen LogP) is 1.88. The molecule has 3 aromatic heterocycles. The Bertz CT molecular complexity index is 1210. The molecule has 1 amide bonds. The molecule has 3 heterocycles. The molecule has 1 atom stereocenters. The van der Waals surface area contributed by atoms with E-state index in [1.54, 1.807) is 22.7 Å². The maximum atomic E-state index is 13.0. The largest absolute Gasteiger partial charge is 0.348 e. The van der Waals surface area contributed by atoms with Gasteiger partial charge in [-0.15, -0.1) is 10.2 Å². The van der Waals surface area contributed by atoms with Crippen molar-refractivity contribution >= 4 is 22.7 Å². The Balaban J connectivity index is 1.73. The summed E-state index contributed by atoms with van der Waals surface area (Å²) < 4.78 is 3.07. The summed E-state index contributed by atoms with van der Waals surface area (Å²) in [6, 6.07) is 13.0. The number of hydrogen-bond donors (Lipinski definition) is 1. The van der Waals surface area contributed by atoms with Crippen LogP contribution in [0.15, 0.2) is 53.5 Å². The normalized spacial score (nSPS) is 12.4. The third kappa shape index (κ3) is 3.02. The molecular formula is C20H20N6O2. The van der Waals surface area contributed by atoms with E-state index in [-0.39, 0.29) is 29.7 Å². The molecule has 1 aromatic carbocycles. The van der Waals surface area contributed by atoms with Crippen LogP contribution in [0.1, 0.15) is 31.3 Å². The van der Waals surface area contributed by atoms with Crippen molar-refractivity contribution in [1.82, 2.24) is 29.5 Å². The number of aromatic nitrogens is 5. The van der Waals surface area contributed by atoms with E-state index in [1.165, 1.54) is 4.57 Å². The van der Waals surface area contributed by atoms with E-state index in [0.29, 0.717) is 23.4 Å². The number of carbonyl (C=O) groups excluding carboxylic acids is 1. The summed E-state index contributed by atoms with van der Waals surface area (Å²) in [4.78, 5) is 30.0. The van der Waals surface area contributed by atoms with E-state index in [9.17, 15) is 9.59 Å². The molecule has 1 N–H and O–H groups in total. The molecule has 4 rings (SSSR count). The van der Waals surface area contributed by atoms with Crippen LogP contribution >= 0.6 is 0 Å². The van der Waals surface area contributed by atoms with E-state index in [0.717, 1.165) is 5.56 Å². The van der Waals surface area contributed by atoms with Crippen molar-refractivity contribution in [1.29, 1.82) is 0 Å². The van der Waals surface area contributed by atoms with Crippen molar-refractivity contribution in [2.75, 3.05) is 0 Å². The first-order valence-electron chi connectivity index (χ1n) is 9.16. The zero-order valence-electron chi connectivity index (χ0n) is 15.7. The molecule has 0 fully saturated rings. The summed E-state index contributed by atoms with van der Waals surface area (Å²) in [7, 11) is 0.